The summed E-state index contributed by atoms with van der Waals surface area (Å²) in [5.74, 6) is -0.121. The second-order valence-electron chi connectivity index (χ2n) is 4.28. The molecule has 3 nitrogen and oxygen atoms in total. The van der Waals surface area contributed by atoms with Crippen LogP contribution < -0.4 is 4.74 Å². The van der Waals surface area contributed by atoms with E-state index in [1.807, 2.05) is 6.07 Å². The highest BCUT2D eigenvalue weighted by Crippen LogP contribution is 2.16. The van der Waals surface area contributed by atoms with Crippen molar-refractivity contribution in [3.63, 3.8) is 0 Å². The molecule has 0 N–H and O–H groups in total. The molecule has 0 spiro atoms. The number of allylic oxidation sites excluding steroid dienone is 1. The fourth-order valence-electron chi connectivity index (χ4n) is 1.77. The van der Waals surface area contributed by atoms with Crippen LogP contribution in [-0.4, -0.2) is 12.9 Å². The SMILES string of the molecule is COc1ccc(C(=O)C(C#N)=Cc2ccc(F)cc2)cc1. The van der Waals surface area contributed by atoms with E-state index in [1.165, 1.54) is 37.5 Å². The number of ether oxygens (including phenoxy) is 1. The Labute approximate surface area is 121 Å². The quantitative estimate of drug-likeness (QED) is 0.488. The molecule has 0 aliphatic carbocycles. The van der Waals surface area contributed by atoms with Gasteiger partial charge in [-0.15, -0.1) is 0 Å². The van der Waals surface area contributed by atoms with E-state index >= 15 is 0 Å². The minimum atomic E-state index is -0.385. The molecule has 0 radical (unpaired) electrons. The van der Waals surface area contributed by atoms with Crippen molar-refractivity contribution in [1.82, 2.24) is 0 Å². The number of Topliss-reactive ketones (excluding diaryl/α,β-unsaturated/α-hetero) is 1. The van der Waals surface area contributed by atoms with Crippen molar-refractivity contribution < 1.29 is 13.9 Å². The Bertz CT molecular complexity index is 710. The van der Waals surface area contributed by atoms with Crippen molar-refractivity contribution >= 4 is 11.9 Å². The van der Waals surface area contributed by atoms with Gasteiger partial charge in [0.25, 0.3) is 0 Å². The molecule has 0 atom stereocenters. The number of ketones is 1. The number of carbonyl (C=O) groups is 1. The molecule has 0 aliphatic rings. The zero-order valence-electron chi connectivity index (χ0n) is 11.3. The van der Waals surface area contributed by atoms with Gasteiger partial charge in [-0.1, -0.05) is 12.1 Å². The highest BCUT2D eigenvalue weighted by Gasteiger charge is 2.12. The van der Waals surface area contributed by atoms with E-state index in [0.29, 0.717) is 16.9 Å². The zero-order chi connectivity index (χ0) is 15.2. The molecule has 104 valence electrons. The fourth-order valence-corrected chi connectivity index (χ4v) is 1.77. The minimum Gasteiger partial charge on any atom is -0.497 e. The van der Waals surface area contributed by atoms with Crippen LogP contribution in [0.3, 0.4) is 0 Å². The maximum absolute atomic E-state index is 12.8. The molecule has 0 unspecified atom stereocenters. The van der Waals surface area contributed by atoms with Crippen molar-refractivity contribution in [3.8, 4) is 11.8 Å². The Morgan fingerprint density at radius 3 is 2.29 bits per heavy atom. The lowest BCUT2D eigenvalue weighted by Crippen LogP contribution is -2.01. The van der Waals surface area contributed by atoms with Gasteiger partial charge in [0.05, 0.1) is 7.11 Å². The van der Waals surface area contributed by atoms with Crippen LogP contribution in [0, 0.1) is 17.1 Å². The molecule has 0 saturated carbocycles. The predicted molar refractivity (Wildman–Crippen MR) is 77.3 cm³/mol. The molecule has 0 heterocycles. The standard InChI is InChI=1S/C17H12FNO2/c1-21-16-8-4-13(5-9-16)17(20)14(11-19)10-12-2-6-15(18)7-3-12/h2-10H,1H3. The summed E-state index contributed by atoms with van der Waals surface area (Å²) in [6, 6.07) is 13.9. The van der Waals surface area contributed by atoms with E-state index < -0.39 is 0 Å². The Morgan fingerprint density at radius 1 is 1.14 bits per heavy atom. The number of methoxy groups -OCH3 is 1. The number of hydrogen-bond donors (Lipinski definition) is 0. The lowest BCUT2D eigenvalue weighted by Gasteiger charge is -2.02. The van der Waals surface area contributed by atoms with Crippen molar-refractivity contribution in [1.29, 1.82) is 5.26 Å². The van der Waals surface area contributed by atoms with Gasteiger partial charge in [0, 0.05) is 5.56 Å². The second-order valence-corrected chi connectivity index (χ2v) is 4.28. The lowest BCUT2D eigenvalue weighted by atomic mass is 10.0. The van der Waals surface area contributed by atoms with E-state index in [9.17, 15) is 9.18 Å². The second kappa shape index (κ2) is 6.49. The molecule has 2 aromatic rings. The molecular formula is C17H12FNO2. The van der Waals surface area contributed by atoms with E-state index in [4.69, 9.17) is 10.00 Å². The average molecular weight is 281 g/mol. The van der Waals surface area contributed by atoms with Crippen LogP contribution in [0.1, 0.15) is 15.9 Å². The summed E-state index contributed by atoms with van der Waals surface area (Å²) in [4.78, 5) is 12.2. The molecule has 0 bridgehead atoms. The van der Waals surface area contributed by atoms with Gasteiger partial charge < -0.3 is 4.74 Å². The largest absolute Gasteiger partial charge is 0.497 e. The van der Waals surface area contributed by atoms with Gasteiger partial charge >= 0.3 is 0 Å². The first-order chi connectivity index (χ1) is 10.1. The molecule has 0 aromatic heterocycles. The molecule has 2 aromatic carbocycles. The summed E-state index contributed by atoms with van der Waals surface area (Å²) < 4.78 is 17.9. The summed E-state index contributed by atoms with van der Waals surface area (Å²) in [5, 5.41) is 9.14. The van der Waals surface area contributed by atoms with Crippen molar-refractivity contribution in [2.45, 2.75) is 0 Å². The Hall–Kier alpha value is -2.93. The first-order valence-corrected chi connectivity index (χ1v) is 6.20. The van der Waals surface area contributed by atoms with Gasteiger partial charge in [-0.05, 0) is 48.0 Å². The highest BCUT2D eigenvalue weighted by atomic mass is 19.1. The molecule has 0 saturated heterocycles. The van der Waals surface area contributed by atoms with E-state index in [2.05, 4.69) is 0 Å². The monoisotopic (exact) mass is 281 g/mol. The summed E-state index contributed by atoms with van der Waals surface area (Å²) in [6.45, 7) is 0. The van der Waals surface area contributed by atoms with Crippen LogP contribution in [0.2, 0.25) is 0 Å². The van der Waals surface area contributed by atoms with Crippen LogP contribution in [-0.2, 0) is 0 Å². The molecule has 21 heavy (non-hydrogen) atoms. The number of rotatable bonds is 4. The number of halogens is 1. The van der Waals surface area contributed by atoms with E-state index in [-0.39, 0.29) is 17.2 Å². The number of nitriles is 1. The van der Waals surface area contributed by atoms with E-state index in [1.54, 1.807) is 24.3 Å². The first kappa shape index (κ1) is 14.5. The number of hydrogen-bond acceptors (Lipinski definition) is 3. The molecule has 2 rings (SSSR count). The van der Waals surface area contributed by atoms with Crippen LogP contribution in [0.5, 0.6) is 5.75 Å². The molecular weight excluding hydrogens is 269 g/mol. The molecule has 4 heteroatoms. The zero-order valence-corrected chi connectivity index (χ0v) is 11.3. The third kappa shape index (κ3) is 3.54. The molecule has 0 amide bonds. The molecule has 0 fully saturated rings. The molecule has 0 aliphatic heterocycles. The summed E-state index contributed by atoms with van der Waals surface area (Å²) >= 11 is 0. The van der Waals surface area contributed by atoms with Gasteiger partial charge in [0.1, 0.15) is 23.2 Å². The Balaban J connectivity index is 2.29. The topological polar surface area (TPSA) is 50.1 Å². The van der Waals surface area contributed by atoms with Crippen LogP contribution in [0.15, 0.2) is 54.1 Å². The number of benzene rings is 2. The van der Waals surface area contributed by atoms with Crippen molar-refractivity contribution in [2.24, 2.45) is 0 Å². The number of carbonyl (C=O) groups excluding carboxylic acids is 1. The third-order valence-electron chi connectivity index (χ3n) is 2.90. The van der Waals surface area contributed by atoms with Crippen molar-refractivity contribution in [2.75, 3.05) is 7.11 Å². The van der Waals surface area contributed by atoms with E-state index in [0.717, 1.165) is 0 Å². The van der Waals surface area contributed by atoms with Crippen LogP contribution >= 0.6 is 0 Å². The maximum Gasteiger partial charge on any atom is 0.203 e. The third-order valence-corrected chi connectivity index (χ3v) is 2.90. The highest BCUT2D eigenvalue weighted by molar-refractivity contribution is 6.14. The van der Waals surface area contributed by atoms with Gasteiger partial charge in [0.15, 0.2) is 0 Å². The Morgan fingerprint density at radius 2 is 1.76 bits per heavy atom. The van der Waals surface area contributed by atoms with Gasteiger partial charge in [0.2, 0.25) is 5.78 Å². The van der Waals surface area contributed by atoms with Crippen LogP contribution in [0.4, 0.5) is 4.39 Å². The van der Waals surface area contributed by atoms with Gasteiger partial charge in [-0.3, -0.25) is 4.79 Å². The normalized spacial score (nSPS) is 10.8. The van der Waals surface area contributed by atoms with Crippen molar-refractivity contribution in [3.05, 3.63) is 71.0 Å². The smallest absolute Gasteiger partial charge is 0.203 e. The fraction of sp³-hybridized carbons (Fsp3) is 0.0588. The lowest BCUT2D eigenvalue weighted by molar-refractivity contribution is 0.104. The Kier molecular flexibility index (Phi) is 4.47. The van der Waals surface area contributed by atoms with Gasteiger partial charge in [-0.25, -0.2) is 4.39 Å². The summed E-state index contributed by atoms with van der Waals surface area (Å²) in [6.07, 6.45) is 1.44. The maximum atomic E-state index is 12.8. The average Bonchev–Trinajstić information content (AvgIpc) is 2.54. The number of nitrogens with zero attached hydrogens (tertiary/aromatic N) is 1. The predicted octanol–water partition coefficient (Wildman–Crippen LogP) is 3.62. The van der Waals surface area contributed by atoms with Crippen LogP contribution in [0.25, 0.3) is 6.08 Å². The van der Waals surface area contributed by atoms with Gasteiger partial charge in [-0.2, -0.15) is 5.26 Å². The minimum absolute atomic E-state index is 0.00762. The first-order valence-electron chi connectivity index (χ1n) is 6.20. The summed E-state index contributed by atoms with van der Waals surface area (Å²) in [7, 11) is 1.53. The summed E-state index contributed by atoms with van der Waals surface area (Å²) in [5.41, 5.74) is 0.979.